The van der Waals surface area contributed by atoms with Gasteiger partial charge in [0.2, 0.25) is 0 Å². The second kappa shape index (κ2) is 13.4. The fourth-order valence-corrected chi connectivity index (χ4v) is 4.30. The number of carboxylic acid groups (broad SMARTS) is 1. The zero-order chi connectivity index (χ0) is 30.4. The van der Waals surface area contributed by atoms with E-state index in [-0.39, 0.29) is 11.8 Å². The van der Waals surface area contributed by atoms with Crippen LogP contribution in [0.2, 0.25) is 0 Å². The van der Waals surface area contributed by atoms with Crippen molar-refractivity contribution in [3.63, 3.8) is 0 Å². The summed E-state index contributed by atoms with van der Waals surface area (Å²) in [5, 5.41) is 12.1. The molecule has 1 aliphatic rings. The molecule has 0 heterocycles. The van der Waals surface area contributed by atoms with Crippen molar-refractivity contribution in [2.45, 2.75) is 66.9 Å². The van der Waals surface area contributed by atoms with Gasteiger partial charge in [-0.1, -0.05) is 43.3 Å². The molecule has 3 atom stereocenters. The van der Waals surface area contributed by atoms with Gasteiger partial charge in [0.15, 0.2) is 5.88 Å². The number of aryl methyl sites for hydroxylation is 1. The molecular formula is C31H39F2N3O4. The zero-order valence-electron chi connectivity index (χ0n) is 24.1. The number of hydrogen-bond donors (Lipinski definition) is 3. The summed E-state index contributed by atoms with van der Waals surface area (Å²) in [6, 6.07) is 7.90. The second-order valence-corrected chi connectivity index (χ2v) is 9.96. The van der Waals surface area contributed by atoms with E-state index in [9.17, 15) is 18.4 Å². The molecule has 1 aromatic carbocycles. The highest BCUT2D eigenvalue weighted by Gasteiger charge is 2.76. The molecule has 0 radical (unpaired) electrons. The summed E-state index contributed by atoms with van der Waals surface area (Å²) in [6.07, 6.45) is 5.41. The Hall–Kier alpha value is -4.01. The minimum Gasteiger partial charge on any atom is -0.481 e. The topological polar surface area (TPSA) is 114 Å². The standard InChI is InChI=1S/C31H39F2N3O4/c1-9-12-19(4)25(36-29(37)26-27(30(38)39)31(26,32)33)16-15-17(2)20(5)28(21(6)34)35-23(8)40-22(7)24-14-11-10-13-18(24)3/h10-16,22,26-27,35H,8-9,34H2,1-7H3,(H,38,39)/b16-15-,19-12+,20-17-,28-21+,36-25?. The predicted octanol–water partition coefficient (Wildman–Crippen LogP) is 6.51. The first-order valence-corrected chi connectivity index (χ1v) is 13.0. The van der Waals surface area contributed by atoms with Crippen LogP contribution in [0.3, 0.4) is 0 Å². The van der Waals surface area contributed by atoms with Gasteiger partial charge in [-0.15, -0.1) is 0 Å². The van der Waals surface area contributed by atoms with E-state index in [2.05, 4.69) is 16.9 Å². The molecule has 1 saturated carbocycles. The van der Waals surface area contributed by atoms with Gasteiger partial charge in [-0.3, -0.25) is 9.59 Å². The van der Waals surface area contributed by atoms with Crippen molar-refractivity contribution < 1.29 is 28.2 Å². The third-order valence-electron chi connectivity index (χ3n) is 6.79. The summed E-state index contributed by atoms with van der Waals surface area (Å²) >= 11 is 0. The number of benzene rings is 1. The van der Waals surface area contributed by atoms with Gasteiger partial charge in [0.05, 0.1) is 11.4 Å². The van der Waals surface area contributed by atoms with Crippen LogP contribution in [0.4, 0.5) is 8.78 Å². The molecule has 1 amide bonds. The number of hydrogen-bond acceptors (Lipinski definition) is 5. The molecule has 0 saturated heterocycles. The minimum absolute atomic E-state index is 0.175. The van der Waals surface area contributed by atoms with E-state index in [0.29, 0.717) is 29.3 Å². The molecule has 0 aliphatic heterocycles. The summed E-state index contributed by atoms with van der Waals surface area (Å²) in [7, 11) is 0. The molecular weight excluding hydrogens is 516 g/mol. The summed E-state index contributed by atoms with van der Waals surface area (Å²) in [6.45, 7) is 16.9. The van der Waals surface area contributed by atoms with Gasteiger partial charge in [-0.2, -0.15) is 0 Å². The Bertz CT molecular complexity index is 1320. The number of allylic oxidation sites excluding steroid dienone is 7. The number of halogens is 2. The van der Waals surface area contributed by atoms with Crippen LogP contribution in [-0.2, 0) is 14.3 Å². The lowest BCUT2D eigenvalue weighted by molar-refractivity contribution is -0.141. The van der Waals surface area contributed by atoms with Crippen LogP contribution in [0.1, 0.15) is 65.2 Å². The second-order valence-electron chi connectivity index (χ2n) is 9.96. The fraction of sp³-hybridized carbons (Fsp3) is 0.387. The van der Waals surface area contributed by atoms with Crippen LogP contribution >= 0.6 is 0 Å². The lowest BCUT2D eigenvalue weighted by Gasteiger charge is -2.22. The maximum absolute atomic E-state index is 13.9. The van der Waals surface area contributed by atoms with Crippen LogP contribution in [0.25, 0.3) is 0 Å². The predicted molar refractivity (Wildman–Crippen MR) is 153 cm³/mol. The number of carbonyl (C=O) groups is 2. The van der Waals surface area contributed by atoms with Gasteiger partial charge in [0.25, 0.3) is 11.8 Å². The first-order chi connectivity index (χ1) is 18.6. The average Bonchev–Trinajstić information content (AvgIpc) is 3.46. The van der Waals surface area contributed by atoms with Gasteiger partial charge in [0, 0.05) is 5.70 Å². The molecule has 0 aromatic heterocycles. The Kier molecular flexibility index (Phi) is 10.8. The molecule has 9 heteroatoms. The monoisotopic (exact) mass is 555 g/mol. The Morgan fingerprint density at radius 1 is 1.20 bits per heavy atom. The Balaban J connectivity index is 2.29. The fourth-order valence-electron chi connectivity index (χ4n) is 4.30. The number of carboxylic acids is 1. The SMILES string of the molecule is C=C(NC(/C(C)=C(C)\C=C/C(=NC(=O)C1C(C(=O)O)C1(F)F)/C(C)=C/CC)=C(\C)N)OC(C)c1ccccc1C. The molecule has 2 rings (SSSR count). The van der Waals surface area contributed by atoms with Crippen LogP contribution in [0, 0.1) is 18.8 Å². The van der Waals surface area contributed by atoms with Crippen molar-refractivity contribution in [2.75, 3.05) is 0 Å². The lowest BCUT2D eigenvalue weighted by atomic mass is 10.0. The molecule has 40 heavy (non-hydrogen) atoms. The average molecular weight is 556 g/mol. The van der Waals surface area contributed by atoms with Gasteiger partial charge in [-0.25, -0.2) is 13.8 Å². The number of nitrogens with one attached hydrogen (secondary N) is 1. The summed E-state index contributed by atoms with van der Waals surface area (Å²) < 4.78 is 33.8. The van der Waals surface area contributed by atoms with Crippen molar-refractivity contribution in [1.82, 2.24) is 5.32 Å². The quantitative estimate of drug-likeness (QED) is 0.154. The Morgan fingerprint density at radius 2 is 1.82 bits per heavy atom. The molecule has 3 unspecified atom stereocenters. The van der Waals surface area contributed by atoms with Gasteiger partial charge < -0.3 is 20.9 Å². The summed E-state index contributed by atoms with van der Waals surface area (Å²) in [5.74, 6) is -10.2. The van der Waals surface area contributed by atoms with E-state index in [1.165, 1.54) is 0 Å². The third kappa shape index (κ3) is 7.77. The number of alkyl halides is 2. The number of nitrogens with zero attached hydrogens (tertiary/aromatic N) is 1. The van der Waals surface area contributed by atoms with Crippen LogP contribution < -0.4 is 11.1 Å². The van der Waals surface area contributed by atoms with Crippen LogP contribution in [0.15, 0.2) is 88.1 Å². The number of aliphatic carboxylic acids is 1. The first-order valence-electron chi connectivity index (χ1n) is 13.0. The summed E-state index contributed by atoms with van der Waals surface area (Å²) in [5.41, 5.74) is 11.6. The first kappa shape index (κ1) is 32.2. The molecule has 1 aliphatic carbocycles. The van der Waals surface area contributed by atoms with E-state index in [1.807, 2.05) is 58.9 Å². The minimum atomic E-state index is -3.61. The smallest absolute Gasteiger partial charge is 0.313 e. The number of amides is 1. The van der Waals surface area contributed by atoms with E-state index < -0.39 is 29.6 Å². The van der Waals surface area contributed by atoms with Gasteiger partial charge in [-0.05, 0) is 88.5 Å². The Labute approximate surface area is 234 Å². The lowest BCUT2D eigenvalue weighted by Crippen LogP contribution is -2.20. The van der Waals surface area contributed by atoms with Crippen LogP contribution in [-0.4, -0.2) is 28.6 Å². The molecule has 4 N–H and O–H groups in total. The van der Waals surface area contributed by atoms with Crippen LogP contribution in [0.5, 0.6) is 0 Å². The highest BCUT2D eigenvalue weighted by atomic mass is 19.3. The van der Waals surface area contributed by atoms with E-state index in [4.69, 9.17) is 15.6 Å². The molecule has 1 aromatic rings. The zero-order valence-corrected chi connectivity index (χ0v) is 24.1. The van der Waals surface area contributed by atoms with Gasteiger partial charge >= 0.3 is 5.97 Å². The van der Waals surface area contributed by atoms with Crippen molar-refractivity contribution in [1.29, 1.82) is 0 Å². The van der Waals surface area contributed by atoms with Gasteiger partial charge in [0.1, 0.15) is 17.9 Å². The molecule has 0 spiro atoms. The number of rotatable bonds is 12. The molecule has 7 nitrogen and oxygen atoms in total. The largest absolute Gasteiger partial charge is 0.481 e. The number of aliphatic imine (C=N–C) groups is 1. The summed E-state index contributed by atoms with van der Waals surface area (Å²) in [4.78, 5) is 27.5. The highest BCUT2D eigenvalue weighted by molar-refractivity contribution is 6.14. The van der Waals surface area contributed by atoms with E-state index in [1.54, 1.807) is 32.1 Å². The van der Waals surface area contributed by atoms with E-state index >= 15 is 0 Å². The number of carbonyl (C=O) groups excluding carboxylic acids is 1. The third-order valence-corrected chi connectivity index (χ3v) is 6.79. The molecule has 0 bridgehead atoms. The van der Waals surface area contributed by atoms with Crippen molar-refractivity contribution in [3.05, 3.63) is 94.2 Å². The number of ether oxygens (including phenoxy) is 1. The normalized spacial score (nSPS) is 20.8. The maximum Gasteiger partial charge on any atom is 0.313 e. The number of nitrogens with two attached hydrogens (primary N) is 1. The van der Waals surface area contributed by atoms with Crippen molar-refractivity contribution in [3.8, 4) is 0 Å². The maximum atomic E-state index is 13.9. The van der Waals surface area contributed by atoms with Crippen molar-refractivity contribution in [2.24, 2.45) is 22.6 Å². The highest BCUT2D eigenvalue weighted by Crippen LogP contribution is 2.56. The Morgan fingerprint density at radius 3 is 2.35 bits per heavy atom. The van der Waals surface area contributed by atoms with E-state index in [0.717, 1.165) is 22.3 Å². The molecule has 1 fully saturated rings. The van der Waals surface area contributed by atoms with Crippen molar-refractivity contribution >= 4 is 17.6 Å². The molecule has 216 valence electrons.